The Hall–Kier alpha value is -4.79. The molecule has 0 N–H and O–H groups in total. The zero-order chi connectivity index (χ0) is 26.4. The van der Waals surface area contributed by atoms with Gasteiger partial charge in [-0.3, -0.25) is 0 Å². The number of halogens is 1. The minimum absolute atomic E-state index is 0.499. The molecule has 0 amide bonds. The number of rotatable bonds is 1. The topological polar surface area (TPSA) is 14.2 Å². The van der Waals surface area contributed by atoms with Gasteiger partial charge in [-0.05, 0) is 58.7 Å². The van der Waals surface area contributed by atoms with Crippen LogP contribution in [0.5, 0.6) is 11.5 Å². The Morgan fingerprint density at radius 1 is 0.550 bits per heavy atom. The molecule has 0 saturated heterocycles. The minimum Gasteiger partial charge on any atom is -0.454 e. The summed E-state index contributed by atoms with van der Waals surface area (Å²) in [5, 5.41) is 2.95. The molecule has 0 fully saturated rings. The highest BCUT2D eigenvalue weighted by atomic mass is 35.5. The van der Waals surface area contributed by atoms with Crippen LogP contribution in [0.15, 0.2) is 133 Å². The molecule has 188 valence electrons. The van der Waals surface area contributed by atoms with Gasteiger partial charge >= 0.3 is 0 Å². The Bertz CT molecular complexity index is 2110. The highest BCUT2D eigenvalue weighted by molar-refractivity contribution is 6.32. The number of nitrogens with zero attached hydrogens (tertiary/aromatic N) is 1. The Morgan fingerprint density at radius 3 is 1.95 bits per heavy atom. The molecular formula is C37H22ClNO. The lowest BCUT2D eigenvalue weighted by Gasteiger charge is -2.39. The molecule has 1 aliphatic carbocycles. The van der Waals surface area contributed by atoms with E-state index < -0.39 is 5.41 Å². The third-order valence-corrected chi connectivity index (χ3v) is 8.95. The zero-order valence-corrected chi connectivity index (χ0v) is 22.2. The molecule has 1 spiro atoms. The largest absolute Gasteiger partial charge is 0.454 e. The summed E-state index contributed by atoms with van der Waals surface area (Å²) in [6.07, 6.45) is 0. The van der Waals surface area contributed by atoms with Crippen LogP contribution in [0, 0.1) is 0 Å². The Morgan fingerprint density at radius 2 is 1.20 bits per heavy atom. The van der Waals surface area contributed by atoms with E-state index in [-0.39, 0.29) is 0 Å². The minimum atomic E-state index is -0.499. The molecule has 7 aromatic rings. The van der Waals surface area contributed by atoms with Crippen molar-refractivity contribution < 1.29 is 4.74 Å². The third-order valence-electron chi connectivity index (χ3n) is 8.72. The zero-order valence-electron chi connectivity index (χ0n) is 21.4. The van der Waals surface area contributed by atoms with E-state index in [1.54, 1.807) is 0 Å². The molecule has 0 unspecified atom stereocenters. The maximum Gasteiger partial charge on any atom is 0.156 e. The van der Waals surface area contributed by atoms with Crippen LogP contribution in [0.4, 0.5) is 0 Å². The Labute approximate surface area is 236 Å². The number of hydrogen-bond acceptors (Lipinski definition) is 1. The van der Waals surface area contributed by atoms with Crippen LogP contribution in [0.1, 0.15) is 22.3 Å². The standard InChI is InChI=1S/C37H22ClNO/c38-23-18-21-33-28(22-23)27-19-20-32-36(35(27)39(33)24-10-2-1-3-11-24)40-34-17-9-8-16-31(34)37(32)29-14-6-4-12-25(29)26-13-5-7-15-30(26)37/h1-22H. The lowest BCUT2D eigenvalue weighted by Crippen LogP contribution is -2.32. The van der Waals surface area contributed by atoms with Gasteiger partial charge in [0.2, 0.25) is 0 Å². The van der Waals surface area contributed by atoms with Crippen molar-refractivity contribution in [2.24, 2.45) is 0 Å². The number of fused-ring (bicyclic) bond motifs is 13. The van der Waals surface area contributed by atoms with Crippen molar-refractivity contribution >= 4 is 33.4 Å². The first-order valence-corrected chi connectivity index (χ1v) is 13.9. The predicted molar refractivity (Wildman–Crippen MR) is 163 cm³/mol. The van der Waals surface area contributed by atoms with E-state index in [9.17, 15) is 0 Å². The first-order valence-electron chi connectivity index (χ1n) is 13.6. The fraction of sp³-hybridized carbons (Fsp3) is 0.0270. The van der Waals surface area contributed by atoms with Crippen molar-refractivity contribution in [3.8, 4) is 28.3 Å². The molecule has 3 heteroatoms. The van der Waals surface area contributed by atoms with Gasteiger partial charge in [-0.25, -0.2) is 0 Å². The second-order valence-electron chi connectivity index (χ2n) is 10.6. The number of ether oxygens (including phenoxy) is 1. The Kier molecular flexibility index (Phi) is 4.35. The molecule has 2 aliphatic rings. The average Bonchev–Trinajstić information content (AvgIpc) is 3.49. The summed E-state index contributed by atoms with van der Waals surface area (Å²) >= 11 is 6.56. The molecule has 0 radical (unpaired) electrons. The summed E-state index contributed by atoms with van der Waals surface area (Å²) in [7, 11) is 0. The second kappa shape index (κ2) is 7.88. The fourth-order valence-corrected chi connectivity index (χ4v) is 7.40. The van der Waals surface area contributed by atoms with Gasteiger partial charge in [0.25, 0.3) is 0 Å². The molecule has 0 bridgehead atoms. The maximum atomic E-state index is 6.98. The predicted octanol–water partition coefficient (Wildman–Crippen LogP) is 9.91. The quantitative estimate of drug-likeness (QED) is 0.205. The van der Waals surface area contributed by atoms with Crippen molar-refractivity contribution in [3.05, 3.63) is 161 Å². The van der Waals surface area contributed by atoms with Crippen molar-refractivity contribution in [2.75, 3.05) is 0 Å². The van der Waals surface area contributed by atoms with Crippen LogP contribution in [-0.2, 0) is 5.41 Å². The normalized spacial score (nSPS) is 14.0. The molecule has 40 heavy (non-hydrogen) atoms. The lowest BCUT2D eigenvalue weighted by molar-refractivity contribution is 0.440. The van der Waals surface area contributed by atoms with Gasteiger partial charge < -0.3 is 9.30 Å². The molecule has 2 nitrogen and oxygen atoms in total. The van der Waals surface area contributed by atoms with E-state index in [0.29, 0.717) is 0 Å². The van der Waals surface area contributed by atoms with Crippen molar-refractivity contribution in [2.45, 2.75) is 5.41 Å². The average molecular weight is 532 g/mol. The summed E-state index contributed by atoms with van der Waals surface area (Å²) in [4.78, 5) is 0. The highest BCUT2D eigenvalue weighted by Gasteiger charge is 2.51. The molecule has 2 heterocycles. The second-order valence-corrected chi connectivity index (χ2v) is 11.0. The maximum absolute atomic E-state index is 6.98. The SMILES string of the molecule is Clc1ccc2c(c1)c1ccc3c(c1n2-c1ccccc1)Oc1ccccc1C31c2ccccc2-c2ccccc21. The van der Waals surface area contributed by atoms with Crippen molar-refractivity contribution in [1.82, 2.24) is 4.57 Å². The van der Waals surface area contributed by atoms with Crippen LogP contribution < -0.4 is 4.74 Å². The van der Waals surface area contributed by atoms with Gasteiger partial charge in [0.1, 0.15) is 5.75 Å². The van der Waals surface area contributed by atoms with Gasteiger partial charge in [0.15, 0.2) is 5.75 Å². The number of para-hydroxylation sites is 2. The van der Waals surface area contributed by atoms with Gasteiger partial charge in [-0.2, -0.15) is 0 Å². The molecule has 0 atom stereocenters. The summed E-state index contributed by atoms with van der Waals surface area (Å²) in [6, 6.07) is 47.4. The van der Waals surface area contributed by atoms with Crippen LogP contribution in [0.3, 0.4) is 0 Å². The lowest BCUT2D eigenvalue weighted by atomic mass is 9.66. The van der Waals surface area contributed by atoms with E-state index in [4.69, 9.17) is 16.3 Å². The van der Waals surface area contributed by atoms with Crippen LogP contribution >= 0.6 is 11.6 Å². The van der Waals surface area contributed by atoms with E-state index in [1.807, 2.05) is 6.07 Å². The van der Waals surface area contributed by atoms with E-state index in [0.717, 1.165) is 49.6 Å². The monoisotopic (exact) mass is 531 g/mol. The number of hydrogen-bond donors (Lipinski definition) is 0. The first-order chi connectivity index (χ1) is 19.8. The van der Waals surface area contributed by atoms with E-state index in [1.165, 1.54) is 27.8 Å². The summed E-state index contributed by atoms with van der Waals surface area (Å²) < 4.78 is 9.30. The van der Waals surface area contributed by atoms with Gasteiger partial charge in [0, 0.05) is 32.6 Å². The summed E-state index contributed by atoms with van der Waals surface area (Å²) in [6.45, 7) is 0. The highest BCUT2D eigenvalue weighted by Crippen LogP contribution is 2.63. The smallest absolute Gasteiger partial charge is 0.156 e. The van der Waals surface area contributed by atoms with Crippen molar-refractivity contribution in [3.63, 3.8) is 0 Å². The molecule has 9 rings (SSSR count). The van der Waals surface area contributed by atoms with Crippen molar-refractivity contribution in [1.29, 1.82) is 0 Å². The number of aromatic nitrogens is 1. The Balaban J connectivity index is 1.51. The number of benzene rings is 6. The third kappa shape index (κ3) is 2.64. The van der Waals surface area contributed by atoms with Gasteiger partial charge in [-0.15, -0.1) is 0 Å². The molecule has 1 aliphatic heterocycles. The summed E-state index contributed by atoms with van der Waals surface area (Å²) in [5.41, 5.74) is 10.2. The van der Waals surface area contributed by atoms with Gasteiger partial charge in [0.05, 0.1) is 16.4 Å². The molecular weight excluding hydrogens is 510 g/mol. The van der Waals surface area contributed by atoms with Crippen LogP contribution in [-0.4, -0.2) is 4.57 Å². The van der Waals surface area contributed by atoms with Crippen LogP contribution in [0.2, 0.25) is 5.02 Å². The van der Waals surface area contributed by atoms with E-state index in [2.05, 4.69) is 132 Å². The molecule has 1 aromatic heterocycles. The first kappa shape index (κ1) is 22.1. The van der Waals surface area contributed by atoms with Gasteiger partial charge in [-0.1, -0.05) is 109 Å². The molecule has 6 aromatic carbocycles. The van der Waals surface area contributed by atoms with E-state index >= 15 is 0 Å². The fourth-order valence-electron chi connectivity index (χ4n) is 7.23. The van der Waals surface area contributed by atoms with Crippen LogP contribution in [0.25, 0.3) is 38.6 Å². The molecule has 0 saturated carbocycles. The summed E-state index contributed by atoms with van der Waals surface area (Å²) in [5.74, 6) is 1.77.